The lowest BCUT2D eigenvalue weighted by Gasteiger charge is -2.27. The molecular weight excluding hydrogens is 226 g/mol. The normalized spacial score (nSPS) is 20.3. The summed E-state index contributed by atoms with van der Waals surface area (Å²) in [6, 6.07) is 4.10. The van der Waals surface area contributed by atoms with E-state index >= 15 is 0 Å². The zero-order valence-corrected chi connectivity index (χ0v) is 11.1. The molecule has 0 aliphatic carbocycles. The topological polar surface area (TPSA) is 51.4 Å². The number of ether oxygens (including phenoxy) is 1. The summed E-state index contributed by atoms with van der Waals surface area (Å²) in [5.74, 6) is 0. The van der Waals surface area contributed by atoms with Crippen LogP contribution in [-0.2, 0) is 17.8 Å². The van der Waals surface area contributed by atoms with Gasteiger partial charge in [-0.25, -0.2) is 0 Å². The van der Waals surface area contributed by atoms with Crippen molar-refractivity contribution in [2.75, 3.05) is 20.2 Å². The van der Waals surface area contributed by atoms with E-state index in [1.54, 1.807) is 0 Å². The highest BCUT2D eigenvalue weighted by Gasteiger charge is 2.15. The molecule has 18 heavy (non-hydrogen) atoms. The number of likely N-dealkylation sites (N-methyl/N-ethyl adjacent to an activating group) is 1. The molecule has 0 bridgehead atoms. The highest BCUT2D eigenvalue weighted by atomic mass is 16.5. The van der Waals surface area contributed by atoms with Gasteiger partial charge in [-0.1, -0.05) is 6.07 Å². The fraction of sp³-hybridized carbons (Fsp3) is 0.643. The Morgan fingerprint density at radius 1 is 1.44 bits per heavy atom. The number of nitrogens with zero attached hydrogens (tertiary/aromatic N) is 2. The molecule has 4 heteroatoms. The van der Waals surface area contributed by atoms with Crippen LogP contribution in [0.1, 0.15) is 30.5 Å². The summed E-state index contributed by atoms with van der Waals surface area (Å²) in [5, 5.41) is 0. The lowest BCUT2D eigenvalue weighted by Crippen LogP contribution is -2.33. The van der Waals surface area contributed by atoms with Crippen LogP contribution in [0, 0.1) is 0 Å². The number of pyridine rings is 1. The summed E-state index contributed by atoms with van der Waals surface area (Å²) >= 11 is 0. The van der Waals surface area contributed by atoms with Gasteiger partial charge in [-0.3, -0.25) is 9.88 Å². The van der Waals surface area contributed by atoms with Crippen molar-refractivity contribution in [1.82, 2.24) is 9.88 Å². The van der Waals surface area contributed by atoms with Gasteiger partial charge < -0.3 is 10.5 Å². The molecule has 1 fully saturated rings. The fourth-order valence-electron chi connectivity index (χ4n) is 2.31. The first kappa shape index (κ1) is 13.5. The molecule has 0 saturated carbocycles. The number of aromatic nitrogens is 1. The first-order chi connectivity index (χ1) is 8.78. The minimum atomic E-state index is 0.395. The fourth-order valence-corrected chi connectivity index (χ4v) is 2.31. The van der Waals surface area contributed by atoms with E-state index in [4.69, 9.17) is 10.5 Å². The van der Waals surface area contributed by atoms with E-state index < -0.39 is 0 Å². The van der Waals surface area contributed by atoms with E-state index in [0.29, 0.717) is 12.6 Å². The average molecular weight is 249 g/mol. The Labute approximate surface area is 109 Å². The Morgan fingerprint density at radius 2 is 2.33 bits per heavy atom. The van der Waals surface area contributed by atoms with E-state index in [2.05, 4.69) is 23.0 Å². The van der Waals surface area contributed by atoms with Gasteiger partial charge in [0.25, 0.3) is 0 Å². The van der Waals surface area contributed by atoms with E-state index in [9.17, 15) is 0 Å². The molecule has 1 atom stereocenters. The third-order valence-electron chi connectivity index (χ3n) is 3.34. The standard InChI is InChI=1S/C14H23N3O/c1-17(11-14-4-2-3-7-18-14)10-13-6-5-12(8-15)9-16-13/h5-6,9,14H,2-4,7-8,10-11,15H2,1H3. The second-order valence-corrected chi connectivity index (χ2v) is 5.05. The third-order valence-corrected chi connectivity index (χ3v) is 3.34. The SMILES string of the molecule is CN(Cc1ccc(CN)cn1)CC1CCCCO1. The maximum Gasteiger partial charge on any atom is 0.0702 e. The van der Waals surface area contributed by atoms with Gasteiger partial charge in [-0.15, -0.1) is 0 Å². The van der Waals surface area contributed by atoms with Crippen molar-refractivity contribution >= 4 is 0 Å². The summed E-state index contributed by atoms with van der Waals surface area (Å²) in [7, 11) is 2.12. The highest BCUT2D eigenvalue weighted by molar-refractivity contribution is 5.13. The maximum absolute atomic E-state index is 5.74. The second kappa shape index (κ2) is 6.83. The number of hydrogen-bond donors (Lipinski definition) is 1. The molecule has 0 amide bonds. The van der Waals surface area contributed by atoms with Gasteiger partial charge in [0.2, 0.25) is 0 Å². The first-order valence-electron chi connectivity index (χ1n) is 6.72. The van der Waals surface area contributed by atoms with Crippen molar-refractivity contribution in [2.45, 2.75) is 38.5 Å². The molecular formula is C14H23N3O. The van der Waals surface area contributed by atoms with Crippen molar-refractivity contribution in [1.29, 1.82) is 0 Å². The number of rotatable bonds is 5. The summed E-state index contributed by atoms with van der Waals surface area (Å²) in [6.07, 6.45) is 5.95. The van der Waals surface area contributed by atoms with Crippen LogP contribution in [0.2, 0.25) is 0 Å². The van der Waals surface area contributed by atoms with E-state index in [-0.39, 0.29) is 0 Å². The van der Waals surface area contributed by atoms with Gasteiger partial charge >= 0.3 is 0 Å². The first-order valence-corrected chi connectivity index (χ1v) is 6.72. The summed E-state index contributed by atoms with van der Waals surface area (Å²) < 4.78 is 5.74. The molecule has 1 aromatic rings. The molecule has 100 valence electrons. The van der Waals surface area contributed by atoms with Crippen molar-refractivity contribution < 1.29 is 4.74 Å². The lowest BCUT2D eigenvalue weighted by molar-refractivity contribution is -0.00274. The largest absolute Gasteiger partial charge is 0.377 e. The van der Waals surface area contributed by atoms with Gasteiger partial charge in [0.05, 0.1) is 11.8 Å². The molecule has 0 aromatic carbocycles. The predicted molar refractivity (Wildman–Crippen MR) is 72.1 cm³/mol. The predicted octanol–water partition coefficient (Wildman–Crippen LogP) is 1.54. The van der Waals surface area contributed by atoms with Crippen LogP contribution in [-0.4, -0.2) is 36.2 Å². The Morgan fingerprint density at radius 3 is 2.94 bits per heavy atom. The monoisotopic (exact) mass is 249 g/mol. The highest BCUT2D eigenvalue weighted by Crippen LogP contribution is 2.14. The summed E-state index contributed by atoms with van der Waals surface area (Å²) in [4.78, 5) is 6.70. The summed E-state index contributed by atoms with van der Waals surface area (Å²) in [5.41, 5.74) is 7.73. The van der Waals surface area contributed by atoms with Crippen LogP contribution in [0.3, 0.4) is 0 Å². The minimum Gasteiger partial charge on any atom is -0.377 e. The van der Waals surface area contributed by atoms with Crippen LogP contribution < -0.4 is 5.73 Å². The van der Waals surface area contributed by atoms with Gasteiger partial charge in [-0.2, -0.15) is 0 Å². The Kier molecular flexibility index (Phi) is 5.11. The summed E-state index contributed by atoms with van der Waals surface area (Å²) in [6.45, 7) is 3.33. The van der Waals surface area contributed by atoms with E-state index in [0.717, 1.165) is 31.0 Å². The number of hydrogen-bond acceptors (Lipinski definition) is 4. The molecule has 1 unspecified atom stereocenters. The van der Waals surface area contributed by atoms with Gasteiger partial charge in [0.1, 0.15) is 0 Å². The Hall–Kier alpha value is -0.970. The zero-order valence-electron chi connectivity index (χ0n) is 11.1. The number of nitrogens with two attached hydrogens (primary N) is 1. The van der Waals surface area contributed by atoms with Crippen LogP contribution in [0.15, 0.2) is 18.3 Å². The second-order valence-electron chi connectivity index (χ2n) is 5.05. The quantitative estimate of drug-likeness (QED) is 0.860. The average Bonchev–Trinajstić information content (AvgIpc) is 2.40. The van der Waals surface area contributed by atoms with Gasteiger partial charge in [0, 0.05) is 32.4 Å². The van der Waals surface area contributed by atoms with Crippen molar-refractivity contribution in [3.63, 3.8) is 0 Å². The van der Waals surface area contributed by atoms with Crippen LogP contribution in [0.25, 0.3) is 0 Å². The Bertz CT molecular complexity index is 347. The van der Waals surface area contributed by atoms with Crippen LogP contribution >= 0.6 is 0 Å². The van der Waals surface area contributed by atoms with Gasteiger partial charge in [0.15, 0.2) is 0 Å². The van der Waals surface area contributed by atoms with E-state index in [1.807, 2.05) is 12.3 Å². The van der Waals surface area contributed by atoms with Gasteiger partial charge in [-0.05, 0) is 37.9 Å². The zero-order chi connectivity index (χ0) is 12.8. The van der Waals surface area contributed by atoms with Crippen molar-refractivity contribution in [3.05, 3.63) is 29.6 Å². The molecule has 0 radical (unpaired) electrons. The van der Waals surface area contributed by atoms with E-state index in [1.165, 1.54) is 19.3 Å². The molecule has 1 aliphatic heterocycles. The van der Waals surface area contributed by atoms with Crippen molar-refractivity contribution in [3.8, 4) is 0 Å². The molecule has 2 rings (SSSR count). The molecule has 1 saturated heterocycles. The molecule has 1 aromatic heterocycles. The molecule has 2 heterocycles. The molecule has 0 spiro atoms. The molecule has 2 N–H and O–H groups in total. The Balaban J connectivity index is 1.80. The van der Waals surface area contributed by atoms with Crippen LogP contribution in [0.5, 0.6) is 0 Å². The molecule has 4 nitrogen and oxygen atoms in total. The molecule has 1 aliphatic rings. The minimum absolute atomic E-state index is 0.395. The smallest absolute Gasteiger partial charge is 0.0702 e. The van der Waals surface area contributed by atoms with Crippen molar-refractivity contribution in [2.24, 2.45) is 5.73 Å². The third kappa shape index (κ3) is 4.05. The maximum atomic E-state index is 5.74. The lowest BCUT2D eigenvalue weighted by atomic mass is 10.1. The van der Waals surface area contributed by atoms with Crippen LogP contribution in [0.4, 0.5) is 0 Å².